The molecule has 144 valence electrons. The third kappa shape index (κ3) is 5.45. The van der Waals surface area contributed by atoms with Crippen molar-refractivity contribution >= 4 is 11.7 Å². The lowest BCUT2D eigenvalue weighted by molar-refractivity contribution is -0.137. The molecule has 0 saturated carbocycles. The monoisotopic (exact) mass is 377 g/mol. The maximum absolute atomic E-state index is 12.6. The molecule has 1 aliphatic heterocycles. The van der Waals surface area contributed by atoms with Crippen LogP contribution in [0.15, 0.2) is 48.7 Å². The number of hydrogen-bond acceptors (Lipinski definition) is 3. The Kier molecular flexibility index (Phi) is 5.98. The molecule has 3 rings (SSSR count). The number of rotatable bonds is 6. The molecule has 1 N–H and O–H groups in total. The SMILES string of the molecule is O=C(CCCc1ccccc1)NC1CCN(c2ccc(C(F)(F)F)cn2)C1. The predicted molar refractivity (Wildman–Crippen MR) is 97.4 cm³/mol. The first-order valence-electron chi connectivity index (χ1n) is 9.03. The Morgan fingerprint density at radius 2 is 1.96 bits per heavy atom. The summed E-state index contributed by atoms with van der Waals surface area (Å²) in [5.74, 6) is 0.516. The van der Waals surface area contributed by atoms with Gasteiger partial charge in [-0.3, -0.25) is 4.79 Å². The van der Waals surface area contributed by atoms with Gasteiger partial charge in [0.2, 0.25) is 5.91 Å². The van der Waals surface area contributed by atoms with Gasteiger partial charge in [0, 0.05) is 31.7 Å². The first-order chi connectivity index (χ1) is 12.9. The van der Waals surface area contributed by atoms with Crippen molar-refractivity contribution in [3.63, 3.8) is 0 Å². The largest absolute Gasteiger partial charge is 0.417 e. The van der Waals surface area contributed by atoms with Crippen molar-refractivity contribution in [3.8, 4) is 0 Å². The van der Waals surface area contributed by atoms with E-state index in [1.54, 1.807) is 0 Å². The number of nitrogens with zero attached hydrogens (tertiary/aromatic N) is 2. The number of aryl methyl sites for hydroxylation is 1. The number of halogens is 3. The van der Waals surface area contributed by atoms with Gasteiger partial charge in [0.25, 0.3) is 0 Å². The van der Waals surface area contributed by atoms with E-state index < -0.39 is 11.7 Å². The molecular weight excluding hydrogens is 355 g/mol. The van der Waals surface area contributed by atoms with Crippen LogP contribution < -0.4 is 10.2 Å². The van der Waals surface area contributed by atoms with Crippen molar-refractivity contribution < 1.29 is 18.0 Å². The second kappa shape index (κ2) is 8.41. The van der Waals surface area contributed by atoms with Crippen LogP contribution in [0.1, 0.15) is 30.4 Å². The van der Waals surface area contributed by atoms with Crippen LogP contribution in [0.3, 0.4) is 0 Å². The Hall–Kier alpha value is -2.57. The van der Waals surface area contributed by atoms with E-state index in [0.717, 1.165) is 31.5 Å². The zero-order valence-electron chi connectivity index (χ0n) is 14.9. The van der Waals surface area contributed by atoms with Crippen molar-refractivity contribution in [3.05, 3.63) is 59.8 Å². The summed E-state index contributed by atoms with van der Waals surface area (Å²) in [6.45, 7) is 1.22. The predicted octanol–water partition coefficient (Wildman–Crippen LogP) is 3.82. The number of nitrogens with one attached hydrogen (secondary N) is 1. The van der Waals surface area contributed by atoms with Gasteiger partial charge in [0.1, 0.15) is 5.82 Å². The summed E-state index contributed by atoms with van der Waals surface area (Å²) >= 11 is 0. The van der Waals surface area contributed by atoms with Crippen LogP contribution >= 0.6 is 0 Å². The fourth-order valence-corrected chi connectivity index (χ4v) is 3.22. The number of carbonyl (C=O) groups is 1. The average Bonchev–Trinajstić information content (AvgIpc) is 3.10. The Bertz CT molecular complexity index is 747. The lowest BCUT2D eigenvalue weighted by Crippen LogP contribution is -2.37. The first-order valence-corrected chi connectivity index (χ1v) is 9.03. The summed E-state index contributed by atoms with van der Waals surface area (Å²) < 4.78 is 37.8. The molecule has 1 aliphatic rings. The van der Waals surface area contributed by atoms with E-state index in [1.165, 1.54) is 11.6 Å². The number of carbonyl (C=O) groups excluding carboxylic acids is 1. The number of benzene rings is 1. The van der Waals surface area contributed by atoms with Crippen molar-refractivity contribution in [2.75, 3.05) is 18.0 Å². The second-order valence-corrected chi connectivity index (χ2v) is 6.74. The zero-order chi connectivity index (χ0) is 19.3. The number of alkyl halides is 3. The molecule has 1 aromatic heterocycles. The van der Waals surface area contributed by atoms with Crippen LogP contribution in [0.5, 0.6) is 0 Å². The molecule has 1 aromatic carbocycles. The Morgan fingerprint density at radius 3 is 2.63 bits per heavy atom. The highest BCUT2D eigenvalue weighted by Crippen LogP contribution is 2.29. The van der Waals surface area contributed by atoms with E-state index >= 15 is 0 Å². The van der Waals surface area contributed by atoms with Crippen molar-refractivity contribution in [1.82, 2.24) is 10.3 Å². The molecule has 1 atom stereocenters. The van der Waals surface area contributed by atoms with E-state index in [9.17, 15) is 18.0 Å². The van der Waals surface area contributed by atoms with Crippen LogP contribution in [-0.4, -0.2) is 30.0 Å². The number of pyridine rings is 1. The summed E-state index contributed by atoms with van der Waals surface area (Å²) in [7, 11) is 0. The van der Waals surface area contributed by atoms with E-state index in [2.05, 4.69) is 10.3 Å². The summed E-state index contributed by atoms with van der Waals surface area (Å²) in [5, 5.41) is 3.01. The van der Waals surface area contributed by atoms with Crippen LogP contribution in [0.25, 0.3) is 0 Å². The lowest BCUT2D eigenvalue weighted by Gasteiger charge is -2.18. The third-order valence-corrected chi connectivity index (χ3v) is 4.66. The molecule has 7 heteroatoms. The van der Waals surface area contributed by atoms with E-state index in [-0.39, 0.29) is 11.9 Å². The van der Waals surface area contributed by atoms with Gasteiger partial charge in [-0.05, 0) is 37.0 Å². The smallest absolute Gasteiger partial charge is 0.354 e. The molecule has 27 heavy (non-hydrogen) atoms. The Balaban J connectivity index is 1.43. The van der Waals surface area contributed by atoms with Gasteiger partial charge in [-0.1, -0.05) is 30.3 Å². The van der Waals surface area contributed by atoms with Crippen molar-refractivity contribution in [1.29, 1.82) is 0 Å². The molecule has 0 aliphatic carbocycles. The maximum atomic E-state index is 12.6. The van der Waals surface area contributed by atoms with Crippen molar-refractivity contribution in [2.45, 2.75) is 37.9 Å². The number of aromatic nitrogens is 1. The molecule has 2 heterocycles. The highest BCUT2D eigenvalue weighted by atomic mass is 19.4. The molecule has 1 fully saturated rings. The molecule has 1 amide bonds. The highest BCUT2D eigenvalue weighted by molar-refractivity contribution is 5.76. The molecule has 0 spiro atoms. The van der Waals surface area contributed by atoms with Gasteiger partial charge >= 0.3 is 6.18 Å². The fourth-order valence-electron chi connectivity index (χ4n) is 3.22. The van der Waals surface area contributed by atoms with Crippen LogP contribution in [0, 0.1) is 0 Å². The molecule has 4 nitrogen and oxygen atoms in total. The number of hydrogen-bond donors (Lipinski definition) is 1. The standard InChI is InChI=1S/C20H22F3N3O/c21-20(22,23)16-9-10-18(24-13-16)26-12-11-17(14-26)25-19(27)8-4-7-15-5-2-1-3-6-15/h1-3,5-6,9-10,13,17H,4,7-8,11-12,14H2,(H,25,27). The quantitative estimate of drug-likeness (QED) is 0.833. The average molecular weight is 377 g/mol. The Labute approximate surface area is 156 Å². The molecule has 1 unspecified atom stereocenters. The minimum atomic E-state index is -4.38. The maximum Gasteiger partial charge on any atom is 0.417 e. The highest BCUT2D eigenvalue weighted by Gasteiger charge is 2.31. The van der Waals surface area contributed by atoms with Gasteiger partial charge in [-0.15, -0.1) is 0 Å². The second-order valence-electron chi connectivity index (χ2n) is 6.74. The first kappa shape index (κ1) is 19.2. The molecule has 0 bridgehead atoms. The van der Waals surface area contributed by atoms with Gasteiger partial charge in [0.05, 0.1) is 5.56 Å². The Morgan fingerprint density at radius 1 is 1.19 bits per heavy atom. The van der Waals surface area contributed by atoms with E-state index in [0.29, 0.717) is 25.3 Å². The van der Waals surface area contributed by atoms with Gasteiger partial charge in [-0.2, -0.15) is 13.2 Å². The lowest BCUT2D eigenvalue weighted by atomic mass is 10.1. The summed E-state index contributed by atoms with van der Waals surface area (Å²) in [4.78, 5) is 17.9. The van der Waals surface area contributed by atoms with Crippen LogP contribution in [-0.2, 0) is 17.4 Å². The zero-order valence-corrected chi connectivity index (χ0v) is 14.9. The van der Waals surface area contributed by atoms with Crippen LogP contribution in [0.4, 0.5) is 19.0 Å². The summed E-state index contributed by atoms with van der Waals surface area (Å²) in [5.41, 5.74) is 0.458. The number of anilines is 1. The fraction of sp³-hybridized carbons (Fsp3) is 0.400. The van der Waals surface area contributed by atoms with Gasteiger partial charge < -0.3 is 10.2 Å². The number of amides is 1. The molecule has 2 aromatic rings. The van der Waals surface area contributed by atoms with Crippen molar-refractivity contribution in [2.24, 2.45) is 0 Å². The summed E-state index contributed by atoms with van der Waals surface area (Å²) in [6, 6.07) is 12.4. The van der Waals surface area contributed by atoms with E-state index in [4.69, 9.17) is 0 Å². The minimum Gasteiger partial charge on any atom is -0.354 e. The minimum absolute atomic E-state index is 0.00156. The van der Waals surface area contributed by atoms with E-state index in [1.807, 2.05) is 35.2 Å². The molecule has 0 radical (unpaired) electrons. The topological polar surface area (TPSA) is 45.2 Å². The summed E-state index contributed by atoms with van der Waals surface area (Å²) in [6.07, 6.45) is -0.665. The molecule has 1 saturated heterocycles. The molecular formula is C20H22F3N3O. The van der Waals surface area contributed by atoms with Gasteiger partial charge in [0.15, 0.2) is 0 Å². The third-order valence-electron chi connectivity index (χ3n) is 4.66. The van der Waals surface area contributed by atoms with Gasteiger partial charge in [-0.25, -0.2) is 4.98 Å². The normalized spacial score (nSPS) is 17.1. The van der Waals surface area contributed by atoms with Crippen LogP contribution in [0.2, 0.25) is 0 Å².